The summed E-state index contributed by atoms with van der Waals surface area (Å²) in [5, 5.41) is 2.50. The lowest BCUT2D eigenvalue weighted by atomic mass is 10.1. The molecule has 88 valence electrons. The Morgan fingerprint density at radius 1 is 1.56 bits per heavy atom. The Bertz CT molecular complexity index is 375. The molecule has 16 heavy (non-hydrogen) atoms. The van der Waals surface area contributed by atoms with Gasteiger partial charge < -0.3 is 15.8 Å². The number of aryl methyl sites for hydroxylation is 1. The van der Waals surface area contributed by atoms with Crippen LogP contribution in [0.1, 0.15) is 24.1 Å². The van der Waals surface area contributed by atoms with E-state index in [2.05, 4.69) is 5.32 Å². The van der Waals surface area contributed by atoms with Crippen LogP contribution in [-0.2, 0) is 4.79 Å². The smallest absolute Gasteiger partial charge is 0.257 e. The summed E-state index contributed by atoms with van der Waals surface area (Å²) in [4.78, 5) is 11.1. The molecular weight excluding hydrogens is 204 g/mol. The van der Waals surface area contributed by atoms with Crippen LogP contribution in [-0.4, -0.2) is 19.6 Å². The van der Waals surface area contributed by atoms with Crippen molar-refractivity contribution >= 4 is 5.91 Å². The topological polar surface area (TPSA) is 64.3 Å². The van der Waals surface area contributed by atoms with Gasteiger partial charge in [-0.1, -0.05) is 17.7 Å². The van der Waals surface area contributed by atoms with Crippen LogP contribution < -0.4 is 15.8 Å². The van der Waals surface area contributed by atoms with Gasteiger partial charge in [0, 0.05) is 18.7 Å². The van der Waals surface area contributed by atoms with Gasteiger partial charge in [-0.3, -0.25) is 4.79 Å². The van der Waals surface area contributed by atoms with E-state index in [1.54, 1.807) is 7.05 Å². The summed E-state index contributed by atoms with van der Waals surface area (Å²) in [6.45, 7) is 3.90. The number of carbonyl (C=O) groups is 1. The standard InChI is InChI=1S/C12H18N2O2/c1-8-4-5-11(10(6-8)9(2)13)16-7-12(15)14-3/h4-6,9H,7,13H2,1-3H3,(H,14,15). The van der Waals surface area contributed by atoms with E-state index in [4.69, 9.17) is 10.5 Å². The minimum Gasteiger partial charge on any atom is -0.483 e. The Balaban J connectivity index is 2.82. The lowest BCUT2D eigenvalue weighted by molar-refractivity contribution is -0.122. The monoisotopic (exact) mass is 222 g/mol. The van der Waals surface area contributed by atoms with Crippen molar-refractivity contribution in [2.45, 2.75) is 19.9 Å². The van der Waals surface area contributed by atoms with E-state index in [-0.39, 0.29) is 18.6 Å². The summed E-state index contributed by atoms with van der Waals surface area (Å²) in [6.07, 6.45) is 0. The van der Waals surface area contributed by atoms with Gasteiger partial charge in [-0.05, 0) is 19.9 Å². The van der Waals surface area contributed by atoms with Crippen LogP contribution in [0.3, 0.4) is 0 Å². The third-order valence-corrected chi connectivity index (χ3v) is 2.29. The van der Waals surface area contributed by atoms with Crippen molar-refractivity contribution in [3.05, 3.63) is 29.3 Å². The van der Waals surface area contributed by atoms with E-state index < -0.39 is 0 Å². The van der Waals surface area contributed by atoms with Gasteiger partial charge in [0.2, 0.25) is 0 Å². The summed E-state index contributed by atoms with van der Waals surface area (Å²) in [6, 6.07) is 5.64. The molecular formula is C12H18N2O2. The van der Waals surface area contributed by atoms with Crippen LogP contribution in [0.15, 0.2) is 18.2 Å². The van der Waals surface area contributed by atoms with Crippen molar-refractivity contribution in [3.8, 4) is 5.75 Å². The zero-order chi connectivity index (χ0) is 12.1. The molecule has 1 unspecified atom stereocenters. The molecule has 0 bridgehead atoms. The van der Waals surface area contributed by atoms with Crippen LogP contribution >= 0.6 is 0 Å². The minimum atomic E-state index is -0.156. The molecule has 0 aliphatic carbocycles. The molecule has 1 aromatic carbocycles. The normalized spacial score (nSPS) is 12.0. The van der Waals surface area contributed by atoms with E-state index in [0.29, 0.717) is 5.75 Å². The van der Waals surface area contributed by atoms with Crippen LogP contribution in [0.25, 0.3) is 0 Å². The highest BCUT2D eigenvalue weighted by atomic mass is 16.5. The molecule has 0 saturated heterocycles. The Morgan fingerprint density at radius 3 is 2.81 bits per heavy atom. The van der Waals surface area contributed by atoms with Crippen molar-refractivity contribution < 1.29 is 9.53 Å². The molecule has 4 heteroatoms. The number of hydrogen-bond donors (Lipinski definition) is 2. The van der Waals surface area contributed by atoms with E-state index in [9.17, 15) is 4.79 Å². The fraction of sp³-hybridized carbons (Fsp3) is 0.417. The number of nitrogens with one attached hydrogen (secondary N) is 1. The van der Waals surface area contributed by atoms with Crippen molar-refractivity contribution in [2.24, 2.45) is 5.73 Å². The summed E-state index contributed by atoms with van der Waals surface area (Å²) in [5.41, 5.74) is 7.89. The molecule has 0 aromatic heterocycles. The summed E-state index contributed by atoms with van der Waals surface area (Å²) >= 11 is 0. The third kappa shape index (κ3) is 3.24. The van der Waals surface area contributed by atoms with E-state index >= 15 is 0 Å². The first-order valence-corrected chi connectivity index (χ1v) is 5.24. The highest BCUT2D eigenvalue weighted by Gasteiger charge is 2.09. The lowest BCUT2D eigenvalue weighted by Gasteiger charge is -2.14. The first kappa shape index (κ1) is 12.5. The maximum absolute atomic E-state index is 11.1. The molecule has 1 atom stereocenters. The first-order chi connectivity index (χ1) is 7.54. The first-order valence-electron chi connectivity index (χ1n) is 5.24. The molecule has 0 heterocycles. The number of rotatable bonds is 4. The fourth-order valence-electron chi connectivity index (χ4n) is 1.37. The summed E-state index contributed by atoms with van der Waals surface area (Å²) in [5.74, 6) is 0.514. The van der Waals surface area contributed by atoms with Crippen molar-refractivity contribution in [2.75, 3.05) is 13.7 Å². The molecule has 0 saturated carbocycles. The number of carbonyl (C=O) groups excluding carboxylic acids is 1. The highest BCUT2D eigenvalue weighted by molar-refractivity contribution is 5.77. The lowest BCUT2D eigenvalue weighted by Crippen LogP contribution is -2.25. The zero-order valence-corrected chi connectivity index (χ0v) is 9.91. The molecule has 1 rings (SSSR count). The van der Waals surface area contributed by atoms with Gasteiger partial charge in [-0.25, -0.2) is 0 Å². The van der Waals surface area contributed by atoms with Gasteiger partial charge in [0.1, 0.15) is 5.75 Å². The molecule has 0 aliphatic rings. The molecule has 0 aliphatic heterocycles. The predicted octanol–water partition coefficient (Wildman–Crippen LogP) is 1.14. The van der Waals surface area contributed by atoms with Gasteiger partial charge in [0.25, 0.3) is 5.91 Å². The van der Waals surface area contributed by atoms with Gasteiger partial charge in [-0.2, -0.15) is 0 Å². The second-order valence-corrected chi connectivity index (χ2v) is 3.79. The molecule has 0 fully saturated rings. The van der Waals surface area contributed by atoms with Crippen molar-refractivity contribution in [1.29, 1.82) is 0 Å². The molecule has 0 radical (unpaired) electrons. The molecule has 3 N–H and O–H groups in total. The van der Waals surface area contributed by atoms with Gasteiger partial charge in [0.05, 0.1) is 0 Å². The quantitative estimate of drug-likeness (QED) is 0.803. The number of amides is 1. The van der Waals surface area contributed by atoms with Gasteiger partial charge in [-0.15, -0.1) is 0 Å². The number of likely N-dealkylation sites (N-methyl/N-ethyl adjacent to an activating group) is 1. The predicted molar refractivity (Wildman–Crippen MR) is 63.3 cm³/mol. The van der Waals surface area contributed by atoms with E-state index in [0.717, 1.165) is 11.1 Å². The van der Waals surface area contributed by atoms with Crippen molar-refractivity contribution in [3.63, 3.8) is 0 Å². The Labute approximate surface area is 95.8 Å². The van der Waals surface area contributed by atoms with Crippen LogP contribution in [0.4, 0.5) is 0 Å². The SMILES string of the molecule is CNC(=O)COc1ccc(C)cc1C(C)N. The summed E-state index contributed by atoms with van der Waals surface area (Å²) < 4.78 is 5.41. The zero-order valence-electron chi connectivity index (χ0n) is 9.91. The van der Waals surface area contributed by atoms with Gasteiger partial charge >= 0.3 is 0 Å². The average Bonchev–Trinajstić information content (AvgIpc) is 2.26. The van der Waals surface area contributed by atoms with Crippen LogP contribution in [0, 0.1) is 6.92 Å². The Morgan fingerprint density at radius 2 is 2.25 bits per heavy atom. The third-order valence-electron chi connectivity index (χ3n) is 2.29. The number of hydrogen-bond acceptors (Lipinski definition) is 3. The molecule has 4 nitrogen and oxygen atoms in total. The molecule has 1 amide bonds. The Hall–Kier alpha value is -1.55. The largest absolute Gasteiger partial charge is 0.483 e. The second kappa shape index (κ2) is 5.51. The maximum Gasteiger partial charge on any atom is 0.257 e. The average molecular weight is 222 g/mol. The maximum atomic E-state index is 11.1. The van der Waals surface area contributed by atoms with Crippen LogP contribution in [0.2, 0.25) is 0 Å². The van der Waals surface area contributed by atoms with Gasteiger partial charge in [0.15, 0.2) is 6.61 Å². The minimum absolute atomic E-state index is 0.0132. The second-order valence-electron chi connectivity index (χ2n) is 3.79. The molecule has 0 spiro atoms. The summed E-state index contributed by atoms with van der Waals surface area (Å²) in [7, 11) is 1.58. The Kier molecular flexibility index (Phi) is 4.31. The number of nitrogens with two attached hydrogens (primary N) is 1. The van der Waals surface area contributed by atoms with E-state index in [1.165, 1.54) is 0 Å². The molecule has 1 aromatic rings. The van der Waals surface area contributed by atoms with Crippen LogP contribution in [0.5, 0.6) is 5.75 Å². The number of benzene rings is 1. The fourth-order valence-corrected chi connectivity index (χ4v) is 1.37. The van der Waals surface area contributed by atoms with E-state index in [1.807, 2.05) is 32.0 Å². The highest BCUT2D eigenvalue weighted by Crippen LogP contribution is 2.24. The van der Waals surface area contributed by atoms with Crippen molar-refractivity contribution in [1.82, 2.24) is 5.32 Å². The number of ether oxygens (including phenoxy) is 1.